The summed E-state index contributed by atoms with van der Waals surface area (Å²) in [5.74, 6) is 0. The second-order valence-electron chi connectivity index (χ2n) is 9.30. The molecule has 180 valence electrons. The van der Waals surface area contributed by atoms with E-state index in [1.165, 1.54) is 22.3 Å². The van der Waals surface area contributed by atoms with Gasteiger partial charge in [-0.1, -0.05) is 97.1 Å². The molecule has 0 fully saturated rings. The molecule has 2 aromatic heterocycles. The second kappa shape index (κ2) is 9.38. The Balaban J connectivity index is 1.34. The van der Waals surface area contributed by atoms with Gasteiger partial charge in [-0.15, -0.1) is 0 Å². The normalized spacial score (nSPS) is 11.2. The zero-order valence-corrected chi connectivity index (χ0v) is 20.7. The van der Waals surface area contributed by atoms with E-state index in [0.717, 1.165) is 39.1 Å². The van der Waals surface area contributed by atoms with Crippen molar-refractivity contribution in [3.63, 3.8) is 0 Å². The van der Waals surface area contributed by atoms with E-state index in [1.54, 1.807) is 0 Å². The molecular formula is C35H24N2O. The molecule has 3 nitrogen and oxygen atoms in total. The van der Waals surface area contributed by atoms with Crippen LogP contribution in [0, 0.1) is 0 Å². The van der Waals surface area contributed by atoms with Crippen molar-refractivity contribution in [2.75, 3.05) is 4.90 Å². The minimum atomic E-state index is 0.774. The highest BCUT2D eigenvalue weighted by Gasteiger charge is 2.16. The molecule has 7 rings (SSSR count). The van der Waals surface area contributed by atoms with Crippen LogP contribution in [0.1, 0.15) is 0 Å². The van der Waals surface area contributed by atoms with E-state index >= 15 is 0 Å². The largest absolute Gasteiger partial charge is 0.454 e. The van der Waals surface area contributed by atoms with E-state index in [0.29, 0.717) is 0 Å². The lowest BCUT2D eigenvalue weighted by Crippen LogP contribution is -2.10. The molecule has 0 saturated heterocycles. The monoisotopic (exact) mass is 488 g/mol. The van der Waals surface area contributed by atoms with Crippen LogP contribution in [0.2, 0.25) is 0 Å². The first-order valence-corrected chi connectivity index (χ1v) is 12.7. The average Bonchev–Trinajstić information content (AvgIpc) is 3.37. The smallest absolute Gasteiger partial charge is 0.155 e. The number of aromatic nitrogens is 1. The third kappa shape index (κ3) is 4.00. The molecule has 0 aliphatic rings. The minimum Gasteiger partial charge on any atom is -0.454 e. The van der Waals surface area contributed by atoms with Gasteiger partial charge in [0.05, 0.1) is 11.9 Å². The zero-order chi connectivity index (χ0) is 25.3. The molecule has 0 bridgehead atoms. The molecule has 5 aromatic carbocycles. The van der Waals surface area contributed by atoms with Crippen LogP contribution in [0.25, 0.3) is 44.3 Å². The SMILES string of the molecule is c1ccc(-c2ccc(N(c3ccc(-c4ccccc4)cc3)c3cnc4c(c3)oc3ccccc34)cc2)cc1. The van der Waals surface area contributed by atoms with Gasteiger partial charge in [0.15, 0.2) is 5.58 Å². The van der Waals surface area contributed by atoms with Gasteiger partial charge in [0.2, 0.25) is 0 Å². The highest BCUT2D eigenvalue weighted by molar-refractivity contribution is 6.03. The lowest BCUT2D eigenvalue weighted by molar-refractivity contribution is 0.668. The van der Waals surface area contributed by atoms with Crippen LogP contribution in [0.15, 0.2) is 150 Å². The molecule has 38 heavy (non-hydrogen) atoms. The van der Waals surface area contributed by atoms with Crippen LogP contribution < -0.4 is 4.90 Å². The van der Waals surface area contributed by atoms with E-state index in [9.17, 15) is 0 Å². The molecular weight excluding hydrogens is 464 g/mol. The van der Waals surface area contributed by atoms with Crippen molar-refractivity contribution in [2.24, 2.45) is 0 Å². The number of nitrogens with zero attached hydrogens (tertiary/aromatic N) is 2. The van der Waals surface area contributed by atoms with Gasteiger partial charge in [-0.3, -0.25) is 0 Å². The molecule has 3 heteroatoms. The zero-order valence-electron chi connectivity index (χ0n) is 20.7. The van der Waals surface area contributed by atoms with Crippen molar-refractivity contribution in [1.29, 1.82) is 0 Å². The summed E-state index contributed by atoms with van der Waals surface area (Å²) in [6.07, 6.45) is 1.93. The fourth-order valence-corrected chi connectivity index (χ4v) is 5.02. The lowest BCUT2D eigenvalue weighted by atomic mass is 10.0. The second-order valence-corrected chi connectivity index (χ2v) is 9.30. The third-order valence-electron chi connectivity index (χ3n) is 6.92. The van der Waals surface area contributed by atoms with Crippen molar-refractivity contribution in [3.05, 3.63) is 146 Å². The summed E-state index contributed by atoms with van der Waals surface area (Å²) >= 11 is 0. The lowest BCUT2D eigenvalue weighted by Gasteiger charge is -2.25. The summed E-state index contributed by atoms with van der Waals surface area (Å²) in [7, 11) is 0. The summed E-state index contributed by atoms with van der Waals surface area (Å²) in [5.41, 5.74) is 10.3. The van der Waals surface area contributed by atoms with E-state index in [2.05, 4.69) is 114 Å². The van der Waals surface area contributed by atoms with E-state index in [-0.39, 0.29) is 0 Å². The Labute approximate surface area is 221 Å². The van der Waals surface area contributed by atoms with Gasteiger partial charge in [0, 0.05) is 22.8 Å². The standard InChI is InChI=1S/C35H24N2O/c1-3-9-25(10-4-1)27-15-19-29(20-16-27)37(30-21-17-28(18-22-30)26-11-5-2-6-12-26)31-23-34-35(36-24-31)32-13-7-8-14-33(32)38-34/h1-24H. The van der Waals surface area contributed by atoms with Gasteiger partial charge >= 0.3 is 0 Å². The maximum absolute atomic E-state index is 6.18. The number of fused-ring (bicyclic) bond motifs is 3. The first kappa shape index (κ1) is 22.1. The van der Waals surface area contributed by atoms with Crippen LogP contribution in [-0.2, 0) is 0 Å². The number of pyridine rings is 1. The number of hydrogen-bond donors (Lipinski definition) is 0. The molecule has 0 saturated carbocycles. The predicted octanol–water partition coefficient (Wildman–Crippen LogP) is 9.78. The summed E-state index contributed by atoms with van der Waals surface area (Å²) in [5, 5.41) is 1.03. The van der Waals surface area contributed by atoms with Crippen LogP contribution in [-0.4, -0.2) is 4.98 Å². The molecule has 0 radical (unpaired) electrons. The summed E-state index contributed by atoms with van der Waals surface area (Å²) in [6, 6.07) is 48.3. The Kier molecular flexibility index (Phi) is 5.45. The van der Waals surface area contributed by atoms with Crippen LogP contribution in [0.3, 0.4) is 0 Å². The Hall–Kier alpha value is -5.15. The van der Waals surface area contributed by atoms with Gasteiger partial charge < -0.3 is 9.32 Å². The van der Waals surface area contributed by atoms with Crippen molar-refractivity contribution < 1.29 is 4.42 Å². The first-order chi connectivity index (χ1) is 18.8. The van der Waals surface area contributed by atoms with Crippen molar-refractivity contribution >= 4 is 39.1 Å². The molecule has 0 atom stereocenters. The molecule has 0 unspecified atom stereocenters. The Bertz CT molecular complexity index is 1760. The van der Waals surface area contributed by atoms with Crippen LogP contribution in [0.4, 0.5) is 17.1 Å². The highest BCUT2D eigenvalue weighted by Crippen LogP contribution is 2.38. The molecule has 0 N–H and O–H groups in total. The van der Waals surface area contributed by atoms with E-state index in [4.69, 9.17) is 9.40 Å². The van der Waals surface area contributed by atoms with Crippen molar-refractivity contribution in [1.82, 2.24) is 4.98 Å². The maximum Gasteiger partial charge on any atom is 0.155 e. The fraction of sp³-hybridized carbons (Fsp3) is 0. The van der Waals surface area contributed by atoms with Crippen LogP contribution in [0.5, 0.6) is 0 Å². The number of furan rings is 1. The fourth-order valence-electron chi connectivity index (χ4n) is 5.02. The molecule has 7 aromatic rings. The number of para-hydroxylation sites is 1. The number of anilines is 3. The number of benzene rings is 5. The highest BCUT2D eigenvalue weighted by atomic mass is 16.3. The van der Waals surface area contributed by atoms with Gasteiger partial charge in [-0.25, -0.2) is 4.98 Å². The summed E-state index contributed by atoms with van der Waals surface area (Å²) in [4.78, 5) is 7.06. The maximum atomic E-state index is 6.18. The Morgan fingerprint density at radius 2 is 0.947 bits per heavy atom. The van der Waals surface area contributed by atoms with Gasteiger partial charge in [-0.05, 0) is 58.7 Å². The molecule has 0 aliphatic heterocycles. The molecule has 0 aliphatic carbocycles. The van der Waals surface area contributed by atoms with Crippen molar-refractivity contribution in [3.8, 4) is 22.3 Å². The molecule has 2 heterocycles. The van der Waals surface area contributed by atoms with Gasteiger partial charge in [0.25, 0.3) is 0 Å². The average molecular weight is 489 g/mol. The predicted molar refractivity (Wildman–Crippen MR) is 157 cm³/mol. The van der Waals surface area contributed by atoms with Crippen LogP contribution >= 0.6 is 0 Å². The van der Waals surface area contributed by atoms with E-state index in [1.807, 2.05) is 36.5 Å². The summed E-state index contributed by atoms with van der Waals surface area (Å²) < 4.78 is 6.18. The van der Waals surface area contributed by atoms with Crippen molar-refractivity contribution in [2.45, 2.75) is 0 Å². The van der Waals surface area contributed by atoms with E-state index < -0.39 is 0 Å². The quantitative estimate of drug-likeness (QED) is 0.241. The first-order valence-electron chi connectivity index (χ1n) is 12.7. The van der Waals surface area contributed by atoms with Gasteiger partial charge in [-0.2, -0.15) is 0 Å². The number of hydrogen-bond acceptors (Lipinski definition) is 3. The minimum absolute atomic E-state index is 0.774. The molecule has 0 amide bonds. The van der Waals surface area contributed by atoms with Gasteiger partial charge in [0.1, 0.15) is 11.1 Å². The molecule has 0 spiro atoms. The Morgan fingerprint density at radius 1 is 0.447 bits per heavy atom. The topological polar surface area (TPSA) is 29.3 Å². The Morgan fingerprint density at radius 3 is 1.53 bits per heavy atom. The summed E-state index contributed by atoms with van der Waals surface area (Å²) in [6.45, 7) is 0. The number of rotatable bonds is 5. The third-order valence-corrected chi connectivity index (χ3v) is 6.92.